The van der Waals surface area contributed by atoms with Crippen LogP contribution in [0.5, 0.6) is 0 Å². The van der Waals surface area contributed by atoms with Gasteiger partial charge in [-0.3, -0.25) is 0 Å². The molecule has 1 fully saturated rings. The quantitative estimate of drug-likeness (QED) is 0.826. The molecule has 2 aliphatic rings. The molecule has 2 aromatic rings. The summed E-state index contributed by atoms with van der Waals surface area (Å²) in [6, 6.07) is 9.66. The maximum Gasteiger partial charge on any atom is 0.244 e. The maximum absolute atomic E-state index is 12.8. The zero-order valence-electron chi connectivity index (χ0n) is 15.5. The molecule has 0 spiro atoms. The van der Waals surface area contributed by atoms with E-state index in [4.69, 9.17) is 0 Å². The lowest BCUT2D eigenvalue weighted by atomic mass is 10.0. The molecule has 0 saturated carbocycles. The highest BCUT2D eigenvalue weighted by atomic mass is 32.2. The second kappa shape index (κ2) is 7.55. The van der Waals surface area contributed by atoms with E-state index in [0.29, 0.717) is 18.9 Å². The summed E-state index contributed by atoms with van der Waals surface area (Å²) < 4.78 is 27.1. The van der Waals surface area contributed by atoms with Gasteiger partial charge in [-0.05, 0) is 55.4 Å². The number of anilines is 2. The summed E-state index contributed by atoms with van der Waals surface area (Å²) >= 11 is 0. The summed E-state index contributed by atoms with van der Waals surface area (Å²) in [6.07, 6.45) is 2.49. The van der Waals surface area contributed by atoms with Gasteiger partial charge >= 0.3 is 0 Å². The standard InChI is InChI=1S/C19H25N5O2S/c1-23-8-10-24(11-9-23)27(25,26)18-4-5-19(21-14-18)22-17-3-2-15-6-7-20-13-16(15)12-17/h2-5,12,14,20H,6-11,13H2,1H3,(H,21,22). The van der Waals surface area contributed by atoms with Gasteiger partial charge in [0.25, 0.3) is 0 Å². The molecule has 0 amide bonds. The van der Waals surface area contributed by atoms with Crippen molar-refractivity contribution in [3.63, 3.8) is 0 Å². The molecular weight excluding hydrogens is 362 g/mol. The van der Waals surface area contributed by atoms with E-state index in [1.807, 2.05) is 13.1 Å². The van der Waals surface area contributed by atoms with Gasteiger partial charge in [0, 0.05) is 44.6 Å². The summed E-state index contributed by atoms with van der Waals surface area (Å²) in [5, 5.41) is 6.64. The summed E-state index contributed by atoms with van der Waals surface area (Å²) in [4.78, 5) is 6.69. The number of nitrogens with one attached hydrogen (secondary N) is 2. The Morgan fingerprint density at radius 1 is 1.07 bits per heavy atom. The Bertz CT molecular complexity index is 906. The number of sulfonamides is 1. The van der Waals surface area contributed by atoms with Gasteiger partial charge in [-0.15, -0.1) is 0 Å². The average molecular weight is 388 g/mol. The Morgan fingerprint density at radius 3 is 2.63 bits per heavy atom. The number of hydrogen-bond donors (Lipinski definition) is 2. The van der Waals surface area contributed by atoms with E-state index in [1.165, 1.54) is 21.6 Å². The molecule has 27 heavy (non-hydrogen) atoms. The van der Waals surface area contributed by atoms with E-state index >= 15 is 0 Å². The third kappa shape index (κ3) is 3.98. The van der Waals surface area contributed by atoms with Crippen LogP contribution in [-0.2, 0) is 23.0 Å². The number of rotatable bonds is 4. The Kier molecular flexibility index (Phi) is 5.14. The molecule has 0 aliphatic carbocycles. The second-order valence-corrected chi connectivity index (χ2v) is 9.06. The molecule has 0 unspecified atom stereocenters. The monoisotopic (exact) mass is 387 g/mol. The lowest BCUT2D eigenvalue weighted by molar-refractivity contribution is 0.222. The number of aromatic nitrogens is 1. The van der Waals surface area contributed by atoms with Crippen molar-refractivity contribution in [1.29, 1.82) is 0 Å². The van der Waals surface area contributed by atoms with Crippen LogP contribution in [0, 0.1) is 0 Å². The van der Waals surface area contributed by atoms with Crippen LogP contribution in [-0.4, -0.2) is 62.4 Å². The number of benzene rings is 1. The van der Waals surface area contributed by atoms with Crippen LogP contribution in [0.25, 0.3) is 0 Å². The number of piperazine rings is 1. The van der Waals surface area contributed by atoms with Crippen LogP contribution in [0.4, 0.5) is 11.5 Å². The lowest BCUT2D eigenvalue weighted by Crippen LogP contribution is -2.47. The largest absolute Gasteiger partial charge is 0.340 e. The normalized spacial score (nSPS) is 18.9. The van der Waals surface area contributed by atoms with Crippen molar-refractivity contribution in [2.75, 3.05) is 45.1 Å². The van der Waals surface area contributed by atoms with Crippen LogP contribution in [0.3, 0.4) is 0 Å². The van der Waals surface area contributed by atoms with E-state index in [0.717, 1.165) is 38.3 Å². The molecule has 8 heteroatoms. The van der Waals surface area contributed by atoms with Gasteiger partial charge in [-0.25, -0.2) is 13.4 Å². The van der Waals surface area contributed by atoms with Crippen LogP contribution >= 0.6 is 0 Å². The maximum atomic E-state index is 12.8. The van der Waals surface area contributed by atoms with Gasteiger partial charge in [0.15, 0.2) is 0 Å². The van der Waals surface area contributed by atoms with Crippen molar-refractivity contribution in [3.05, 3.63) is 47.7 Å². The molecule has 1 aromatic carbocycles. The van der Waals surface area contributed by atoms with Crippen molar-refractivity contribution in [2.45, 2.75) is 17.9 Å². The minimum Gasteiger partial charge on any atom is -0.340 e. The van der Waals surface area contributed by atoms with Gasteiger partial charge in [0.1, 0.15) is 10.7 Å². The van der Waals surface area contributed by atoms with Crippen LogP contribution in [0.1, 0.15) is 11.1 Å². The zero-order valence-corrected chi connectivity index (χ0v) is 16.3. The highest BCUT2D eigenvalue weighted by molar-refractivity contribution is 7.89. The highest BCUT2D eigenvalue weighted by Gasteiger charge is 2.27. The minimum absolute atomic E-state index is 0.243. The predicted molar refractivity (Wildman–Crippen MR) is 106 cm³/mol. The molecule has 1 aromatic heterocycles. The first kappa shape index (κ1) is 18.4. The SMILES string of the molecule is CN1CCN(S(=O)(=O)c2ccc(Nc3ccc4c(c3)CNCC4)nc2)CC1. The molecule has 3 heterocycles. The second-order valence-electron chi connectivity index (χ2n) is 7.12. The molecule has 0 bridgehead atoms. The Morgan fingerprint density at radius 2 is 1.89 bits per heavy atom. The third-order valence-corrected chi connectivity index (χ3v) is 7.08. The van der Waals surface area contributed by atoms with Crippen molar-refractivity contribution in [1.82, 2.24) is 19.5 Å². The van der Waals surface area contributed by atoms with Gasteiger partial charge in [0.05, 0.1) is 0 Å². The average Bonchev–Trinajstić information content (AvgIpc) is 2.69. The fourth-order valence-electron chi connectivity index (χ4n) is 3.49. The number of hydrogen-bond acceptors (Lipinski definition) is 6. The first-order valence-corrected chi connectivity index (χ1v) is 10.7. The molecule has 0 atom stereocenters. The summed E-state index contributed by atoms with van der Waals surface area (Å²) in [5.41, 5.74) is 3.63. The summed E-state index contributed by atoms with van der Waals surface area (Å²) in [6.45, 7) is 4.42. The van der Waals surface area contributed by atoms with E-state index in [1.54, 1.807) is 12.1 Å². The van der Waals surface area contributed by atoms with Crippen LogP contribution < -0.4 is 10.6 Å². The Hall–Kier alpha value is -2.00. The topological polar surface area (TPSA) is 77.6 Å². The highest BCUT2D eigenvalue weighted by Crippen LogP contribution is 2.23. The van der Waals surface area contributed by atoms with Crippen LogP contribution in [0.15, 0.2) is 41.4 Å². The van der Waals surface area contributed by atoms with Crippen molar-refractivity contribution >= 4 is 21.5 Å². The van der Waals surface area contributed by atoms with Gasteiger partial charge < -0.3 is 15.5 Å². The molecule has 0 radical (unpaired) electrons. The van der Waals surface area contributed by atoms with E-state index < -0.39 is 10.0 Å². The van der Waals surface area contributed by atoms with E-state index in [2.05, 4.69) is 32.7 Å². The van der Waals surface area contributed by atoms with Gasteiger partial charge in [0.2, 0.25) is 10.0 Å². The summed E-state index contributed by atoms with van der Waals surface area (Å²) in [7, 11) is -1.48. The molecule has 4 rings (SSSR count). The molecule has 2 N–H and O–H groups in total. The number of fused-ring (bicyclic) bond motifs is 1. The van der Waals surface area contributed by atoms with Crippen molar-refractivity contribution < 1.29 is 8.42 Å². The molecule has 2 aliphatic heterocycles. The lowest BCUT2D eigenvalue weighted by Gasteiger charge is -2.31. The predicted octanol–water partition coefficient (Wildman–Crippen LogP) is 1.41. The van der Waals surface area contributed by atoms with Crippen LogP contribution in [0.2, 0.25) is 0 Å². The molecule has 7 nitrogen and oxygen atoms in total. The van der Waals surface area contributed by atoms with Gasteiger partial charge in [-0.1, -0.05) is 6.07 Å². The smallest absolute Gasteiger partial charge is 0.244 e. The fraction of sp³-hybridized carbons (Fsp3) is 0.421. The minimum atomic E-state index is -3.48. The number of nitrogens with zero attached hydrogens (tertiary/aromatic N) is 3. The Labute approximate surface area is 160 Å². The molecule has 144 valence electrons. The number of pyridine rings is 1. The van der Waals surface area contributed by atoms with Gasteiger partial charge in [-0.2, -0.15) is 4.31 Å². The first-order chi connectivity index (χ1) is 13.0. The zero-order chi connectivity index (χ0) is 18.9. The Balaban J connectivity index is 1.47. The van der Waals surface area contributed by atoms with E-state index in [9.17, 15) is 8.42 Å². The van der Waals surface area contributed by atoms with E-state index in [-0.39, 0.29) is 4.90 Å². The summed E-state index contributed by atoms with van der Waals surface area (Å²) in [5.74, 6) is 0.635. The third-order valence-electron chi connectivity index (χ3n) is 5.20. The first-order valence-electron chi connectivity index (χ1n) is 9.27. The molecule has 1 saturated heterocycles. The van der Waals surface area contributed by atoms with Crippen molar-refractivity contribution in [3.8, 4) is 0 Å². The van der Waals surface area contributed by atoms with Crippen molar-refractivity contribution in [2.24, 2.45) is 0 Å². The number of likely N-dealkylation sites (N-methyl/N-ethyl adjacent to an activating group) is 1. The fourth-order valence-corrected chi connectivity index (χ4v) is 4.86. The molecular formula is C19H25N5O2S.